The Bertz CT molecular complexity index is 586. The Morgan fingerprint density at radius 2 is 1.82 bits per heavy atom. The van der Waals surface area contributed by atoms with Gasteiger partial charge in [-0.2, -0.15) is 0 Å². The van der Waals surface area contributed by atoms with Gasteiger partial charge in [0.15, 0.2) is 0 Å². The number of aliphatic carboxylic acids is 1. The average Bonchev–Trinajstić information content (AvgIpc) is 3.26. The number of rotatable bonds is 6. The highest BCUT2D eigenvalue weighted by molar-refractivity contribution is 5.79. The lowest BCUT2D eigenvalue weighted by Crippen LogP contribution is -2.60. The van der Waals surface area contributed by atoms with Crippen molar-refractivity contribution in [1.82, 2.24) is 15.1 Å². The maximum atomic E-state index is 12.7. The highest BCUT2D eigenvalue weighted by Gasteiger charge is 2.54. The number of likely N-dealkylation sites (tertiary alicyclic amines) is 1. The van der Waals surface area contributed by atoms with Crippen LogP contribution in [0.5, 0.6) is 0 Å². The zero-order valence-corrected chi connectivity index (χ0v) is 17.0. The first kappa shape index (κ1) is 20.1. The number of carboxylic acids is 1. The van der Waals surface area contributed by atoms with Gasteiger partial charge in [-0.1, -0.05) is 25.7 Å². The Hall–Kier alpha value is -1.18. The summed E-state index contributed by atoms with van der Waals surface area (Å²) >= 11 is 0. The molecule has 4 fully saturated rings. The Morgan fingerprint density at radius 3 is 2.50 bits per heavy atom. The van der Waals surface area contributed by atoms with Crippen LogP contribution in [0.1, 0.15) is 51.4 Å². The van der Waals surface area contributed by atoms with E-state index in [1.807, 2.05) is 0 Å². The molecular weight excluding hydrogens is 358 g/mol. The van der Waals surface area contributed by atoms with E-state index in [2.05, 4.69) is 15.1 Å². The van der Waals surface area contributed by atoms with E-state index >= 15 is 0 Å². The molecule has 2 heterocycles. The Balaban J connectivity index is 1.32. The second kappa shape index (κ2) is 8.28. The smallest absolute Gasteiger partial charge is 0.311 e. The van der Waals surface area contributed by atoms with E-state index in [4.69, 9.17) is 4.74 Å². The molecular formula is C21H35N3O4. The molecule has 2 aliphatic heterocycles. The molecule has 7 nitrogen and oxygen atoms in total. The monoisotopic (exact) mass is 393 g/mol. The van der Waals surface area contributed by atoms with Gasteiger partial charge < -0.3 is 15.2 Å². The molecule has 2 saturated carbocycles. The highest BCUT2D eigenvalue weighted by Crippen LogP contribution is 2.48. The van der Waals surface area contributed by atoms with Crippen molar-refractivity contribution in [3.8, 4) is 0 Å². The molecule has 0 aromatic rings. The lowest BCUT2D eigenvalue weighted by atomic mass is 9.79. The van der Waals surface area contributed by atoms with Crippen molar-refractivity contribution in [2.75, 3.05) is 52.5 Å². The zero-order valence-electron chi connectivity index (χ0n) is 17.0. The van der Waals surface area contributed by atoms with Crippen LogP contribution >= 0.6 is 0 Å². The van der Waals surface area contributed by atoms with Crippen molar-refractivity contribution >= 4 is 11.9 Å². The molecule has 1 amide bonds. The summed E-state index contributed by atoms with van der Waals surface area (Å²) in [6.07, 6.45) is 8.74. The van der Waals surface area contributed by atoms with Crippen LogP contribution in [0.25, 0.3) is 0 Å². The minimum atomic E-state index is -0.675. The number of morpholine rings is 1. The summed E-state index contributed by atoms with van der Waals surface area (Å²) in [5.41, 5.74) is -0.541. The van der Waals surface area contributed by atoms with Crippen molar-refractivity contribution in [1.29, 1.82) is 0 Å². The molecule has 0 bridgehead atoms. The Morgan fingerprint density at radius 1 is 1.07 bits per heavy atom. The van der Waals surface area contributed by atoms with Gasteiger partial charge >= 0.3 is 5.97 Å². The number of fused-ring (bicyclic) bond motifs is 1. The van der Waals surface area contributed by atoms with E-state index in [1.165, 1.54) is 19.3 Å². The number of ether oxygens (including phenoxy) is 1. The number of carboxylic acid groups (broad SMARTS) is 1. The van der Waals surface area contributed by atoms with Crippen molar-refractivity contribution in [3.63, 3.8) is 0 Å². The molecule has 0 aromatic heterocycles. The van der Waals surface area contributed by atoms with E-state index in [0.717, 1.165) is 65.0 Å². The molecule has 4 rings (SSSR count). The Kier molecular flexibility index (Phi) is 5.95. The van der Waals surface area contributed by atoms with E-state index in [1.54, 1.807) is 0 Å². The van der Waals surface area contributed by atoms with Gasteiger partial charge in [-0.15, -0.1) is 0 Å². The summed E-state index contributed by atoms with van der Waals surface area (Å²) in [6.45, 7) is 5.75. The number of nitrogens with zero attached hydrogens (tertiary/aromatic N) is 2. The third kappa shape index (κ3) is 3.81. The maximum absolute atomic E-state index is 12.7. The third-order valence-corrected chi connectivity index (χ3v) is 7.82. The molecule has 2 N–H and O–H groups in total. The summed E-state index contributed by atoms with van der Waals surface area (Å²) in [5.74, 6) is -0.430. The van der Waals surface area contributed by atoms with Crippen LogP contribution in [0, 0.1) is 11.3 Å². The standard InChI is InChI=1S/C21H35N3O4/c25-18(14-23-13-17-5-4-8-21(17,16-23)19(26)27)22-15-20(6-2-1-3-7-20)24-9-11-28-12-10-24/h17H,1-16H2,(H,22,25)(H,26,27)/t17-,21+/m0/s1. The second-order valence-corrected chi connectivity index (χ2v) is 9.38. The lowest BCUT2D eigenvalue weighted by molar-refractivity contribution is -0.149. The van der Waals surface area contributed by atoms with Gasteiger partial charge in [-0.3, -0.25) is 19.4 Å². The van der Waals surface area contributed by atoms with Crippen LogP contribution in [-0.2, 0) is 14.3 Å². The molecule has 7 heteroatoms. The summed E-state index contributed by atoms with van der Waals surface area (Å²) in [7, 11) is 0. The zero-order chi connectivity index (χ0) is 19.6. The summed E-state index contributed by atoms with van der Waals surface area (Å²) in [4.78, 5) is 29.2. The summed E-state index contributed by atoms with van der Waals surface area (Å²) < 4.78 is 5.53. The van der Waals surface area contributed by atoms with Crippen LogP contribution in [-0.4, -0.2) is 84.8 Å². The van der Waals surface area contributed by atoms with Crippen molar-refractivity contribution < 1.29 is 19.4 Å². The highest BCUT2D eigenvalue weighted by atomic mass is 16.5. The van der Waals surface area contributed by atoms with Crippen LogP contribution in [0.15, 0.2) is 0 Å². The Labute approximate surface area is 167 Å². The van der Waals surface area contributed by atoms with Gasteiger partial charge in [0, 0.05) is 38.3 Å². The first-order valence-electron chi connectivity index (χ1n) is 11.1. The topological polar surface area (TPSA) is 82.1 Å². The molecule has 2 saturated heterocycles. The quantitative estimate of drug-likeness (QED) is 0.708. The number of hydrogen-bond acceptors (Lipinski definition) is 5. The van der Waals surface area contributed by atoms with Crippen LogP contribution in [0.2, 0.25) is 0 Å². The molecule has 0 spiro atoms. The van der Waals surface area contributed by atoms with Crippen molar-refractivity contribution in [3.05, 3.63) is 0 Å². The number of carbonyl (C=O) groups is 2. The number of amides is 1. The summed E-state index contributed by atoms with van der Waals surface area (Å²) in [5, 5.41) is 12.9. The average molecular weight is 394 g/mol. The molecule has 28 heavy (non-hydrogen) atoms. The van der Waals surface area contributed by atoms with Gasteiger partial charge in [0.05, 0.1) is 25.2 Å². The first-order valence-corrected chi connectivity index (χ1v) is 11.1. The first-order chi connectivity index (χ1) is 13.5. The second-order valence-electron chi connectivity index (χ2n) is 9.38. The van der Waals surface area contributed by atoms with Crippen molar-refractivity contribution in [2.45, 2.75) is 56.9 Å². The molecule has 158 valence electrons. The fraction of sp³-hybridized carbons (Fsp3) is 0.905. The number of nitrogens with one attached hydrogen (secondary N) is 1. The fourth-order valence-corrected chi connectivity index (χ4v) is 6.24. The summed E-state index contributed by atoms with van der Waals surface area (Å²) in [6, 6.07) is 0. The lowest BCUT2D eigenvalue weighted by Gasteiger charge is -2.48. The molecule has 0 unspecified atom stereocenters. The maximum Gasteiger partial charge on any atom is 0.311 e. The number of hydrogen-bond donors (Lipinski definition) is 2. The van der Waals surface area contributed by atoms with E-state index in [0.29, 0.717) is 19.6 Å². The SMILES string of the molecule is O=C(CN1C[C@@H]2CCC[C@@]2(C(=O)O)C1)NCC1(N2CCOCC2)CCCCC1. The predicted molar refractivity (Wildman–Crippen MR) is 105 cm³/mol. The molecule has 2 aliphatic carbocycles. The normalized spacial score (nSPS) is 33.5. The fourth-order valence-electron chi connectivity index (χ4n) is 6.24. The molecule has 0 aromatic carbocycles. The molecule has 4 aliphatic rings. The minimum absolute atomic E-state index is 0.0405. The van der Waals surface area contributed by atoms with Gasteiger partial charge in [0.1, 0.15) is 0 Å². The van der Waals surface area contributed by atoms with Crippen LogP contribution in [0.3, 0.4) is 0 Å². The minimum Gasteiger partial charge on any atom is -0.481 e. The van der Waals surface area contributed by atoms with Gasteiger partial charge in [0.2, 0.25) is 5.91 Å². The van der Waals surface area contributed by atoms with E-state index < -0.39 is 11.4 Å². The molecule has 0 radical (unpaired) electrons. The van der Waals surface area contributed by atoms with E-state index in [-0.39, 0.29) is 17.4 Å². The van der Waals surface area contributed by atoms with Gasteiger partial charge in [0.25, 0.3) is 0 Å². The number of carbonyl (C=O) groups excluding carboxylic acids is 1. The predicted octanol–water partition coefficient (Wildman–Crippen LogP) is 1.32. The van der Waals surface area contributed by atoms with Crippen molar-refractivity contribution in [2.24, 2.45) is 11.3 Å². The van der Waals surface area contributed by atoms with E-state index in [9.17, 15) is 14.7 Å². The van der Waals surface area contributed by atoms with Gasteiger partial charge in [-0.05, 0) is 31.6 Å². The van der Waals surface area contributed by atoms with Crippen LogP contribution < -0.4 is 5.32 Å². The third-order valence-electron chi connectivity index (χ3n) is 7.82. The van der Waals surface area contributed by atoms with Gasteiger partial charge in [-0.25, -0.2) is 0 Å². The molecule has 2 atom stereocenters. The van der Waals surface area contributed by atoms with Crippen LogP contribution in [0.4, 0.5) is 0 Å². The largest absolute Gasteiger partial charge is 0.481 e.